The van der Waals surface area contributed by atoms with Crippen LogP contribution in [-0.2, 0) is 24.2 Å². The highest BCUT2D eigenvalue weighted by Gasteiger charge is 2.08. The lowest BCUT2D eigenvalue weighted by molar-refractivity contribution is -0.136. The summed E-state index contributed by atoms with van der Waals surface area (Å²) in [7, 11) is 0. The van der Waals surface area contributed by atoms with Gasteiger partial charge in [-0.2, -0.15) is 0 Å². The van der Waals surface area contributed by atoms with E-state index in [1.807, 2.05) is 24.3 Å². The largest absolute Gasteiger partial charge is 0.484 e. The lowest BCUT2D eigenvalue weighted by atomic mass is 10.2. The van der Waals surface area contributed by atoms with Crippen molar-refractivity contribution in [2.45, 2.75) is 26.4 Å². The number of aryl methyl sites for hydroxylation is 1. The zero-order valence-corrected chi connectivity index (χ0v) is 10.6. The van der Waals surface area contributed by atoms with Crippen molar-refractivity contribution in [2.24, 2.45) is 0 Å². The first-order valence-corrected chi connectivity index (χ1v) is 6.04. The quantitative estimate of drug-likeness (QED) is 0.864. The van der Waals surface area contributed by atoms with Crippen molar-refractivity contribution in [3.63, 3.8) is 0 Å². The lowest BCUT2D eigenvalue weighted by Crippen LogP contribution is -2.01. The maximum Gasteiger partial charge on any atom is 0.309 e. The zero-order chi connectivity index (χ0) is 13.7. The van der Waals surface area contributed by atoms with Crippen LogP contribution in [0.3, 0.4) is 0 Å². The molecule has 2 aromatic rings. The van der Waals surface area contributed by atoms with E-state index in [1.54, 1.807) is 0 Å². The summed E-state index contributed by atoms with van der Waals surface area (Å²) in [5.41, 5.74) is 1.64. The molecule has 19 heavy (non-hydrogen) atoms. The topological polar surface area (TPSA) is 72.6 Å². The van der Waals surface area contributed by atoms with Crippen LogP contribution in [0.2, 0.25) is 0 Å². The highest BCUT2D eigenvalue weighted by Crippen LogP contribution is 2.14. The molecule has 0 amide bonds. The van der Waals surface area contributed by atoms with Gasteiger partial charge in [0.25, 0.3) is 0 Å². The normalized spacial score (nSPS) is 10.4. The standard InChI is InChI=1S/C14H15NO4/c1-2-10-3-5-12(6-4-10)18-9-13-15-11(8-19-13)7-14(16)17/h3-6,8H,2,7,9H2,1H3,(H,16,17). The number of nitrogens with zero attached hydrogens (tertiary/aromatic N) is 1. The van der Waals surface area contributed by atoms with Gasteiger partial charge in [-0.05, 0) is 24.1 Å². The number of hydrogen-bond donors (Lipinski definition) is 1. The van der Waals surface area contributed by atoms with Gasteiger partial charge < -0.3 is 14.3 Å². The number of carboxylic acids is 1. The molecule has 0 saturated heterocycles. The molecule has 1 aromatic carbocycles. The number of ether oxygens (including phenoxy) is 1. The number of hydrogen-bond acceptors (Lipinski definition) is 4. The first kappa shape index (κ1) is 13.1. The Bertz CT molecular complexity index is 545. The van der Waals surface area contributed by atoms with Crippen molar-refractivity contribution in [2.75, 3.05) is 0 Å². The Morgan fingerprint density at radius 2 is 2.11 bits per heavy atom. The molecular formula is C14H15NO4. The summed E-state index contributed by atoms with van der Waals surface area (Å²) < 4.78 is 10.6. The SMILES string of the molecule is CCc1ccc(OCc2nc(CC(=O)O)co2)cc1. The van der Waals surface area contributed by atoms with E-state index in [0.717, 1.165) is 12.2 Å². The Labute approximate surface area is 110 Å². The smallest absolute Gasteiger partial charge is 0.309 e. The van der Waals surface area contributed by atoms with Crippen molar-refractivity contribution in [3.8, 4) is 5.75 Å². The molecule has 2 rings (SSSR count). The summed E-state index contributed by atoms with van der Waals surface area (Å²) in [6.07, 6.45) is 2.18. The van der Waals surface area contributed by atoms with Crippen molar-refractivity contribution in [1.29, 1.82) is 0 Å². The van der Waals surface area contributed by atoms with Gasteiger partial charge in [0.05, 0.1) is 12.1 Å². The number of rotatable bonds is 6. The second kappa shape index (κ2) is 6.04. The van der Waals surface area contributed by atoms with Crippen LogP contribution in [-0.4, -0.2) is 16.1 Å². The average molecular weight is 261 g/mol. The van der Waals surface area contributed by atoms with E-state index in [-0.39, 0.29) is 13.0 Å². The van der Waals surface area contributed by atoms with Gasteiger partial charge in [0.2, 0.25) is 5.89 Å². The van der Waals surface area contributed by atoms with Crippen LogP contribution < -0.4 is 4.74 Å². The zero-order valence-electron chi connectivity index (χ0n) is 10.6. The van der Waals surface area contributed by atoms with Crippen molar-refractivity contribution >= 4 is 5.97 Å². The second-order valence-corrected chi connectivity index (χ2v) is 4.09. The summed E-state index contributed by atoms with van der Waals surface area (Å²) in [6, 6.07) is 7.78. The van der Waals surface area contributed by atoms with Crippen LogP contribution in [0.5, 0.6) is 5.75 Å². The lowest BCUT2D eigenvalue weighted by Gasteiger charge is -2.04. The van der Waals surface area contributed by atoms with Crippen molar-refractivity contribution in [1.82, 2.24) is 4.98 Å². The number of benzene rings is 1. The van der Waals surface area contributed by atoms with Crippen LogP contribution in [0.4, 0.5) is 0 Å². The first-order chi connectivity index (χ1) is 9.17. The van der Waals surface area contributed by atoms with Gasteiger partial charge in [-0.3, -0.25) is 4.79 Å². The van der Waals surface area contributed by atoms with Gasteiger partial charge >= 0.3 is 5.97 Å². The van der Waals surface area contributed by atoms with Gasteiger partial charge in [0.15, 0.2) is 6.61 Å². The van der Waals surface area contributed by atoms with Crippen LogP contribution in [0.1, 0.15) is 24.1 Å². The minimum Gasteiger partial charge on any atom is -0.484 e. The van der Waals surface area contributed by atoms with Crippen LogP contribution in [0, 0.1) is 0 Å². The van der Waals surface area contributed by atoms with Crippen molar-refractivity contribution in [3.05, 3.63) is 47.7 Å². The van der Waals surface area contributed by atoms with Gasteiger partial charge in [-0.1, -0.05) is 19.1 Å². The molecule has 1 aromatic heterocycles. The summed E-state index contributed by atoms with van der Waals surface area (Å²) in [5.74, 6) is 0.168. The monoisotopic (exact) mass is 261 g/mol. The molecule has 0 saturated carbocycles. The van der Waals surface area contributed by atoms with E-state index in [1.165, 1.54) is 11.8 Å². The third-order valence-corrected chi connectivity index (χ3v) is 2.63. The molecule has 1 heterocycles. The molecule has 0 unspecified atom stereocenters. The Morgan fingerprint density at radius 1 is 1.37 bits per heavy atom. The highest BCUT2D eigenvalue weighted by molar-refractivity contribution is 5.69. The molecule has 0 atom stereocenters. The Hall–Kier alpha value is -2.30. The highest BCUT2D eigenvalue weighted by atomic mass is 16.5. The number of aliphatic carboxylic acids is 1. The molecule has 1 N–H and O–H groups in total. The fourth-order valence-electron chi connectivity index (χ4n) is 1.62. The number of carboxylic acid groups (broad SMARTS) is 1. The molecule has 0 aliphatic heterocycles. The molecule has 0 aliphatic rings. The maximum absolute atomic E-state index is 10.5. The molecule has 0 aliphatic carbocycles. The van der Waals surface area contributed by atoms with Gasteiger partial charge in [-0.25, -0.2) is 4.98 Å². The second-order valence-electron chi connectivity index (χ2n) is 4.09. The molecule has 0 radical (unpaired) electrons. The summed E-state index contributed by atoms with van der Waals surface area (Å²) in [6.45, 7) is 2.28. The molecule has 0 fully saturated rings. The average Bonchev–Trinajstić information content (AvgIpc) is 2.84. The Balaban J connectivity index is 1.90. The fraction of sp³-hybridized carbons (Fsp3) is 0.286. The van der Waals surface area contributed by atoms with Gasteiger partial charge in [0, 0.05) is 0 Å². The summed E-state index contributed by atoms with van der Waals surface area (Å²) in [5, 5.41) is 8.62. The van der Waals surface area contributed by atoms with Gasteiger partial charge in [-0.15, -0.1) is 0 Å². The minimum absolute atomic E-state index is 0.144. The van der Waals surface area contributed by atoms with Gasteiger partial charge in [0.1, 0.15) is 12.0 Å². The predicted octanol–water partition coefficient (Wildman–Crippen LogP) is 2.44. The fourth-order valence-corrected chi connectivity index (χ4v) is 1.62. The van der Waals surface area contributed by atoms with E-state index in [4.69, 9.17) is 14.3 Å². The van der Waals surface area contributed by atoms with Crippen molar-refractivity contribution < 1.29 is 19.1 Å². The van der Waals surface area contributed by atoms with E-state index in [2.05, 4.69) is 11.9 Å². The molecule has 0 spiro atoms. The van der Waals surface area contributed by atoms with E-state index in [0.29, 0.717) is 11.6 Å². The summed E-state index contributed by atoms with van der Waals surface area (Å²) >= 11 is 0. The van der Waals surface area contributed by atoms with Crippen LogP contribution in [0.15, 0.2) is 34.9 Å². The minimum atomic E-state index is -0.934. The molecule has 0 bridgehead atoms. The molecule has 5 heteroatoms. The van der Waals surface area contributed by atoms with Crippen LogP contribution in [0.25, 0.3) is 0 Å². The third-order valence-electron chi connectivity index (χ3n) is 2.63. The van der Waals surface area contributed by atoms with E-state index >= 15 is 0 Å². The molecule has 5 nitrogen and oxygen atoms in total. The number of oxazole rings is 1. The van der Waals surface area contributed by atoms with E-state index < -0.39 is 5.97 Å². The van der Waals surface area contributed by atoms with Crippen LogP contribution >= 0.6 is 0 Å². The Morgan fingerprint density at radius 3 is 2.74 bits per heavy atom. The first-order valence-electron chi connectivity index (χ1n) is 6.04. The predicted molar refractivity (Wildman–Crippen MR) is 68.0 cm³/mol. The molecular weight excluding hydrogens is 246 g/mol. The maximum atomic E-state index is 10.5. The summed E-state index contributed by atoms with van der Waals surface area (Å²) in [4.78, 5) is 14.5. The Kier molecular flexibility index (Phi) is 4.18. The molecule has 100 valence electrons. The third kappa shape index (κ3) is 3.84. The van der Waals surface area contributed by atoms with E-state index in [9.17, 15) is 4.79 Å². The number of carbonyl (C=O) groups is 1. The number of aromatic nitrogens is 1.